The number of carbonyl (C=O) groups is 2. The summed E-state index contributed by atoms with van der Waals surface area (Å²) in [5, 5.41) is 0. The maximum absolute atomic E-state index is 12.4. The molecule has 0 radical (unpaired) electrons. The first-order chi connectivity index (χ1) is 9.04. The lowest BCUT2D eigenvalue weighted by Gasteiger charge is -2.31. The number of nitrogens with zero attached hydrogens (tertiary/aromatic N) is 2. The molecule has 1 fully saturated rings. The van der Waals surface area contributed by atoms with Crippen LogP contribution >= 0.6 is 0 Å². The zero-order valence-corrected chi connectivity index (χ0v) is 12.5. The molecule has 1 amide bonds. The van der Waals surface area contributed by atoms with Crippen LogP contribution in [0.3, 0.4) is 0 Å². The summed E-state index contributed by atoms with van der Waals surface area (Å²) in [6.07, 6.45) is 2.13. The van der Waals surface area contributed by atoms with E-state index in [1.54, 1.807) is 6.92 Å². The van der Waals surface area contributed by atoms with Gasteiger partial charge in [-0.3, -0.25) is 14.5 Å². The predicted molar refractivity (Wildman–Crippen MR) is 73.8 cm³/mol. The molecule has 1 unspecified atom stereocenters. The first kappa shape index (κ1) is 16.0. The van der Waals surface area contributed by atoms with Crippen LogP contribution in [0, 0.1) is 0 Å². The smallest absolute Gasteiger partial charge is 0.320 e. The number of hydrogen-bond acceptors (Lipinski definition) is 4. The fourth-order valence-electron chi connectivity index (χ4n) is 2.29. The van der Waals surface area contributed by atoms with Crippen molar-refractivity contribution in [2.24, 2.45) is 0 Å². The fourth-order valence-corrected chi connectivity index (χ4v) is 2.29. The quantitative estimate of drug-likeness (QED) is 0.623. The lowest BCUT2D eigenvalue weighted by molar-refractivity contribution is -0.147. The predicted octanol–water partition coefficient (Wildman–Crippen LogP) is 1.27. The Hall–Kier alpha value is -1.10. The normalized spacial score (nSPS) is 16.3. The summed E-state index contributed by atoms with van der Waals surface area (Å²) < 4.78 is 4.99. The second-order valence-corrected chi connectivity index (χ2v) is 4.90. The van der Waals surface area contributed by atoms with Crippen LogP contribution in [0.25, 0.3) is 0 Å². The van der Waals surface area contributed by atoms with Crippen molar-refractivity contribution in [1.82, 2.24) is 9.80 Å². The van der Waals surface area contributed by atoms with Crippen LogP contribution in [-0.4, -0.2) is 60.0 Å². The summed E-state index contributed by atoms with van der Waals surface area (Å²) in [6.45, 7) is 9.64. The van der Waals surface area contributed by atoms with Crippen molar-refractivity contribution >= 4 is 11.9 Å². The van der Waals surface area contributed by atoms with Crippen LogP contribution in [0.5, 0.6) is 0 Å². The van der Waals surface area contributed by atoms with E-state index in [9.17, 15) is 9.59 Å². The average molecular weight is 270 g/mol. The van der Waals surface area contributed by atoms with Crippen molar-refractivity contribution in [3.8, 4) is 0 Å². The van der Waals surface area contributed by atoms with Crippen LogP contribution in [-0.2, 0) is 14.3 Å². The van der Waals surface area contributed by atoms with Gasteiger partial charge in [0.05, 0.1) is 19.2 Å². The number of amides is 1. The third-order valence-corrected chi connectivity index (χ3v) is 3.56. The van der Waals surface area contributed by atoms with Gasteiger partial charge in [-0.1, -0.05) is 0 Å². The largest absolute Gasteiger partial charge is 0.465 e. The zero-order chi connectivity index (χ0) is 14.4. The third kappa shape index (κ3) is 4.49. The van der Waals surface area contributed by atoms with Crippen molar-refractivity contribution in [3.63, 3.8) is 0 Å². The molecule has 1 aliphatic rings. The van der Waals surface area contributed by atoms with E-state index in [4.69, 9.17) is 4.74 Å². The molecular weight excluding hydrogens is 244 g/mol. The summed E-state index contributed by atoms with van der Waals surface area (Å²) in [5.74, 6) is -0.144. The highest BCUT2D eigenvalue weighted by Gasteiger charge is 2.37. The van der Waals surface area contributed by atoms with Crippen LogP contribution in [0.2, 0.25) is 0 Å². The third-order valence-electron chi connectivity index (χ3n) is 3.56. The van der Waals surface area contributed by atoms with Gasteiger partial charge in [-0.15, -0.1) is 0 Å². The highest BCUT2D eigenvalue weighted by molar-refractivity contribution is 5.82. The minimum Gasteiger partial charge on any atom is -0.465 e. The first-order valence-electron chi connectivity index (χ1n) is 7.25. The molecule has 110 valence electrons. The number of likely N-dealkylation sites (N-methyl/N-ethyl adjacent to an activating group) is 1. The van der Waals surface area contributed by atoms with E-state index in [2.05, 4.69) is 0 Å². The molecule has 5 heteroatoms. The SMILES string of the molecule is CCOC(=O)CN(C1CC1)C(C)C(=O)N(CC)CC. The molecule has 5 nitrogen and oxygen atoms in total. The highest BCUT2D eigenvalue weighted by Crippen LogP contribution is 2.29. The van der Waals surface area contributed by atoms with Gasteiger partial charge in [0.2, 0.25) is 5.91 Å². The van der Waals surface area contributed by atoms with Gasteiger partial charge in [0.15, 0.2) is 0 Å². The van der Waals surface area contributed by atoms with Crippen molar-refractivity contribution in [2.75, 3.05) is 26.2 Å². The monoisotopic (exact) mass is 270 g/mol. The highest BCUT2D eigenvalue weighted by atomic mass is 16.5. The van der Waals surface area contributed by atoms with E-state index in [0.29, 0.717) is 25.7 Å². The average Bonchev–Trinajstić information content (AvgIpc) is 3.21. The second kappa shape index (κ2) is 7.48. The van der Waals surface area contributed by atoms with Crippen LogP contribution in [0.4, 0.5) is 0 Å². The summed E-state index contributed by atoms with van der Waals surface area (Å²) in [5.41, 5.74) is 0. The zero-order valence-electron chi connectivity index (χ0n) is 12.5. The molecule has 1 atom stereocenters. The molecule has 0 aromatic heterocycles. The van der Waals surface area contributed by atoms with Crippen molar-refractivity contribution in [2.45, 2.75) is 52.6 Å². The van der Waals surface area contributed by atoms with Crippen LogP contribution in [0.1, 0.15) is 40.5 Å². The molecule has 19 heavy (non-hydrogen) atoms. The maximum atomic E-state index is 12.4. The van der Waals surface area contributed by atoms with E-state index in [0.717, 1.165) is 12.8 Å². The molecule has 0 aromatic carbocycles. The first-order valence-corrected chi connectivity index (χ1v) is 7.25. The Balaban J connectivity index is 2.64. The van der Waals surface area contributed by atoms with E-state index >= 15 is 0 Å². The van der Waals surface area contributed by atoms with Gasteiger partial charge in [-0.05, 0) is 40.5 Å². The molecule has 0 bridgehead atoms. The molecule has 0 N–H and O–H groups in total. The van der Waals surface area contributed by atoms with Gasteiger partial charge in [0.25, 0.3) is 0 Å². The summed E-state index contributed by atoms with van der Waals surface area (Å²) in [6, 6.07) is 0.107. The molecule has 0 aliphatic heterocycles. The Morgan fingerprint density at radius 1 is 1.21 bits per heavy atom. The van der Waals surface area contributed by atoms with Gasteiger partial charge in [-0.25, -0.2) is 0 Å². The topological polar surface area (TPSA) is 49.9 Å². The summed E-state index contributed by atoms with van der Waals surface area (Å²) >= 11 is 0. The van der Waals surface area contributed by atoms with Gasteiger partial charge < -0.3 is 9.64 Å². The van der Waals surface area contributed by atoms with E-state index in [1.807, 2.05) is 30.6 Å². The minimum atomic E-state index is -0.253. The van der Waals surface area contributed by atoms with Crippen LogP contribution in [0.15, 0.2) is 0 Å². The molecule has 0 aromatic rings. The van der Waals surface area contributed by atoms with Gasteiger partial charge in [-0.2, -0.15) is 0 Å². The molecule has 0 spiro atoms. The summed E-state index contributed by atoms with van der Waals surface area (Å²) in [4.78, 5) is 27.8. The lowest BCUT2D eigenvalue weighted by Crippen LogP contribution is -2.49. The Kier molecular flexibility index (Phi) is 6.28. The number of carbonyl (C=O) groups excluding carboxylic acids is 2. The second-order valence-electron chi connectivity index (χ2n) is 4.90. The summed E-state index contributed by atoms with van der Waals surface area (Å²) in [7, 11) is 0. The van der Waals surface area contributed by atoms with E-state index in [1.165, 1.54) is 0 Å². The molecular formula is C14H26N2O3. The molecule has 1 aliphatic carbocycles. The standard InChI is InChI=1S/C14H26N2O3/c1-5-15(6-2)14(18)11(4)16(12-8-9-12)10-13(17)19-7-3/h11-12H,5-10H2,1-4H3. The molecule has 1 saturated carbocycles. The van der Waals surface area contributed by atoms with Crippen LogP contribution < -0.4 is 0 Å². The van der Waals surface area contributed by atoms with E-state index < -0.39 is 0 Å². The Morgan fingerprint density at radius 3 is 2.21 bits per heavy atom. The van der Waals surface area contributed by atoms with Gasteiger partial charge >= 0.3 is 5.97 Å². The van der Waals surface area contributed by atoms with Crippen molar-refractivity contribution in [3.05, 3.63) is 0 Å². The fraction of sp³-hybridized carbons (Fsp3) is 0.857. The Morgan fingerprint density at radius 2 is 1.79 bits per heavy atom. The molecule has 0 heterocycles. The number of hydrogen-bond donors (Lipinski definition) is 0. The van der Waals surface area contributed by atoms with Gasteiger partial charge in [0.1, 0.15) is 0 Å². The Bertz CT molecular complexity index is 312. The van der Waals surface area contributed by atoms with E-state index in [-0.39, 0.29) is 24.5 Å². The van der Waals surface area contributed by atoms with Crippen molar-refractivity contribution < 1.29 is 14.3 Å². The van der Waals surface area contributed by atoms with Gasteiger partial charge in [0, 0.05) is 19.1 Å². The number of rotatable bonds is 8. The minimum absolute atomic E-state index is 0.0983. The number of ether oxygens (including phenoxy) is 1. The number of esters is 1. The molecule has 1 rings (SSSR count). The maximum Gasteiger partial charge on any atom is 0.320 e. The Labute approximate surface area is 115 Å². The van der Waals surface area contributed by atoms with Crippen molar-refractivity contribution in [1.29, 1.82) is 0 Å². The lowest BCUT2D eigenvalue weighted by atomic mass is 10.2. The molecule has 0 saturated heterocycles.